The molecular formula is C21H25F6N3O8. The number of aliphatic hydroxyl groups is 2. The van der Waals surface area contributed by atoms with Gasteiger partial charge in [-0.05, 0) is 19.1 Å². The Hall–Kier alpha value is -3.60. The fourth-order valence-corrected chi connectivity index (χ4v) is 2.87. The van der Waals surface area contributed by atoms with E-state index in [1.54, 1.807) is 11.4 Å². The Morgan fingerprint density at radius 1 is 0.842 bits per heavy atom. The summed E-state index contributed by atoms with van der Waals surface area (Å²) in [5, 5.41) is 24.2. The van der Waals surface area contributed by atoms with Crippen molar-refractivity contribution in [3.63, 3.8) is 0 Å². The van der Waals surface area contributed by atoms with Gasteiger partial charge in [-0.1, -0.05) is 18.2 Å². The van der Waals surface area contributed by atoms with Gasteiger partial charge in [-0.2, -0.15) is 26.3 Å². The molecule has 0 aliphatic carbocycles. The van der Waals surface area contributed by atoms with Crippen LogP contribution in [0.2, 0.25) is 0 Å². The van der Waals surface area contributed by atoms with Crippen molar-refractivity contribution in [3.8, 4) is 5.75 Å². The van der Waals surface area contributed by atoms with E-state index in [-0.39, 0.29) is 5.75 Å². The van der Waals surface area contributed by atoms with E-state index in [4.69, 9.17) is 0 Å². The number of rotatable bonds is 11. The average Bonchev–Trinajstić information content (AvgIpc) is 2.79. The molecule has 0 aromatic heterocycles. The van der Waals surface area contributed by atoms with Gasteiger partial charge in [-0.3, -0.25) is 14.4 Å². The first kappa shape index (κ1) is 32.4. The average molecular weight is 561 g/mol. The number of nitrogens with one attached hydrogen (secondary N) is 3. The lowest BCUT2D eigenvalue weighted by Crippen LogP contribution is -2.58. The largest absolute Gasteiger partial charge is 0.469 e. The molecule has 1 aromatic rings. The van der Waals surface area contributed by atoms with Gasteiger partial charge < -0.3 is 35.6 Å². The molecule has 11 nitrogen and oxygen atoms in total. The minimum Gasteiger partial charge on any atom is -0.469 e. The van der Waals surface area contributed by atoms with Crippen molar-refractivity contribution in [2.45, 2.75) is 62.5 Å². The standard InChI is InChI=1S/C21H25F6N3O8/c1-10(18(35)29-16(20(22,23)24)13(32)9-15(34)37-2)28-14(33)8-12(31)17(21(25,26)27)30-19(36)38-11-6-4-3-5-7-11/h3-7,10,12-13,16-17,31-32H,8-9H2,1-2H3,(H,28,33)(H,29,35)(H,30,36)/t10-,12-,13-,16+,17+/m0/s1. The van der Waals surface area contributed by atoms with Crippen molar-refractivity contribution < 1.29 is 65.2 Å². The number of aliphatic hydroxyl groups excluding tert-OH is 2. The van der Waals surface area contributed by atoms with Crippen LogP contribution in [0.25, 0.3) is 0 Å². The van der Waals surface area contributed by atoms with E-state index in [9.17, 15) is 55.7 Å². The highest BCUT2D eigenvalue weighted by atomic mass is 19.4. The van der Waals surface area contributed by atoms with Gasteiger partial charge in [-0.15, -0.1) is 0 Å². The molecule has 1 rings (SSSR count). The molecule has 0 saturated carbocycles. The van der Waals surface area contributed by atoms with Crippen LogP contribution in [0.1, 0.15) is 19.8 Å². The van der Waals surface area contributed by atoms with Crippen LogP contribution in [0.4, 0.5) is 31.1 Å². The van der Waals surface area contributed by atoms with Crippen molar-refractivity contribution in [1.82, 2.24) is 16.0 Å². The minimum absolute atomic E-state index is 0.119. The third kappa shape index (κ3) is 10.8. The number of hydrogen-bond acceptors (Lipinski definition) is 8. The summed E-state index contributed by atoms with van der Waals surface area (Å²) in [4.78, 5) is 47.2. The van der Waals surface area contributed by atoms with Crippen LogP contribution >= 0.6 is 0 Å². The first-order valence-corrected chi connectivity index (χ1v) is 10.6. The number of carbonyl (C=O) groups excluding carboxylic acids is 4. The van der Waals surface area contributed by atoms with Gasteiger partial charge >= 0.3 is 24.4 Å². The molecule has 0 unspecified atom stereocenters. The van der Waals surface area contributed by atoms with E-state index in [1.165, 1.54) is 34.9 Å². The molecule has 5 N–H and O–H groups in total. The molecule has 0 spiro atoms. The predicted octanol–water partition coefficient (Wildman–Crippen LogP) is 0.933. The second-order valence-corrected chi connectivity index (χ2v) is 7.80. The second-order valence-electron chi connectivity index (χ2n) is 7.80. The summed E-state index contributed by atoms with van der Waals surface area (Å²) in [7, 11) is 0.855. The number of esters is 1. The maximum absolute atomic E-state index is 13.4. The van der Waals surface area contributed by atoms with E-state index >= 15 is 0 Å². The number of benzene rings is 1. The Kier molecular flexibility index (Phi) is 11.8. The summed E-state index contributed by atoms with van der Waals surface area (Å²) < 4.78 is 88.6. The van der Waals surface area contributed by atoms with Crippen LogP contribution < -0.4 is 20.7 Å². The van der Waals surface area contributed by atoms with Crippen LogP contribution in [0, 0.1) is 0 Å². The van der Waals surface area contributed by atoms with Gasteiger partial charge in [0, 0.05) is 0 Å². The molecule has 3 amide bonds. The Morgan fingerprint density at radius 2 is 1.34 bits per heavy atom. The molecule has 5 atom stereocenters. The molecule has 0 saturated heterocycles. The van der Waals surface area contributed by atoms with Crippen molar-refractivity contribution in [1.29, 1.82) is 0 Å². The quantitative estimate of drug-likeness (QED) is 0.197. The smallest absolute Gasteiger partial charge is 0.413 e. The zero-order valence-corrected chi connectivity index (χ0v) is 19.8. The Balaban J connectivity index is 2.79. The molecule has 1 aromatic carbocycles. The van der Waals surface area contributed by atoms with Gasteiger partial charge in [0.1, 0.15) is 11.8 Å². The predicted molar refractivity (Wildman–Crippen MR) is 114 cm³/mol. The summed E-state index contributed by atoms with van der Waals surface area (Å²) in [5.41, 5.74) is 0. The first-order valence-electron chi connectivity index (χ1n) is 10.6. The lowest BCUT2D eigenvalue weighted by molar-refractivity contribution is -0.184. The lowest BCUT2D eigenvalue weighted by atomic mass is 10.1. The monoisotopic (exact) mass is 561 g/mol. The van der Waals surface area contributed by atoms with Crippen LogP contribution in [-0.4, -0.2) is 83.9 Å². The maximum atomic E-state index is 13.4. The van der Waals surface area contributed by atoms with Gasteiger partial charge in [0.05, 0.1) is 32.2 Å². The van der Waals surface area contributed by atoms with E-state index in [2.05, 4.69) is 9.47 Å². The second kappa shape index (κ2) is 13.8. The van der Waals surface area contributed by atoms with E-state index in [0.29, 0.717) is 0 Å². The number of alkyl halides is 6. The molecule has 0 aliphatic heterocycles. The summed E-state index contributed by atoms with van der Waals surface area (Å²) >= 11 is 0. The SMILES string of the molecule is COC(=O)C[C@H](O)[C@@H](NC(=O)[C@H](C)NC(=O)C[C@H](O)[C@@H](NC(=O)Oc1ccccc1)C(F)(F)F)C(F)(F)F. The molecule has 0 radical (unpaired) electrons. The van der Waals surface area contributed by atoms with Crippen molar-refractivity contribution in [2.75, 3.05) is 7.11 Å². The molecule has 17 heteroatoms. The third-order valence-electron chi connectivity index (χ3n) is 4.77. The number of ether oxygens (including phenoxy) is 2. The van der Waals surface area contributed by atoms with Crippen LogP contribution in [-0.2, 0) is 19.1 Å². The van der Waals surface area contributed by atoms with E-state index < -0.39 is 79.4 Å². The van der Waals surface area contributed by atoms with Gasteiger partial charge in [-0.25, -0.2) is 4.79 Å². The number of carbonyl (C=O) groups is 4. The summed E-state index contributed by atoms with van der Waals surface area (Å²) in [6.45, 7) is 0.871. The van der Waals surface area contributed by atoms with E-state index in [0.717, 1.165) is 14.0 Å². The summed E-state index contributed by atoms with van der Waals surface area (Å²) in [5.74, 6) is -4.24. The molecule has 0 aliphatic rings. The van der Waals surface area contributed by atoms with Gasteiger partial charge in [0.25, 0.3) is 0 Å². The van der Waals surface area contributed by atoms with Crippen molar-refractivity contribution >= 4 is 23.9 Å². The molecule has 0 heterocycles. The Bertz CT molecular complexity index is 961. The highest BCUT2D eigenvalue weighted by molar-refractivity contribution is 5.87. The van der Waals surface area contributed by atoms with Gasteiger partial charge in [0.2, 0.25) is 11.8 Å². The number of halogens is 6. The highest BCUT2D eigenvalue weighted by Gasteiger charge is 2.48. The van der Waals surface area contributed by atoms with E-state index in [1.807, 2.05) is 0 Å². The molecule has 214 valence electrons. The zero-order chi connectivity index (χ0) is 29.3. The minimum atomic E-state index is -5.26. The number of para-hydroxylation sites is 1. The van der Waals surface area contributed by atoms with Crippen molar-refractivity contribution in [3.05, 3.63) is 30.3 Å². The normalized spacial score (nSPS) is 15.7. The third-order valence-corrected chi connectivity index (χ3v) is 4.77. The fraction of sp³-hybridized carbons (Fsp3) is 0.524. The number of amides is 3. The fourth-order valence-electron chi connectivity index (χ4n) is 2.87. The van der Waals surface area contributed by atoms with Crippen LogP contribution in [0.15, 0.2) is 30.3 Å². The lowest BCUT2D eigenvalue weighted by Gasteiger charge is -2.28. The summed E-state index contributed by atoms with van der Waals surface area (Å²) in [6.07, 6.45) is -19.6. The number of hydrogen-bond donors (Lipinski definition) is 5. The maximum Gasteiger partial charge on any atom is 0.413 e. The van der Waals surface area contributed by atoms with Crippen LogP contribution in [0.3, 0.4) is 0 Å². The van der Waals surface area contributed by atoms with Gasteiger partial charge in [0.15, 0.2) is 12.1 Å². The Labute approximate surface area is 211 Å². The van der Waals surface area contributed by atoms with Crippen LogP contribution in [0.5, 0.6) is 5.75 Å². The Morgan fingerprint density at radius 3 is 1.84 bits per heavy atom. The number of methoxy groups -OCH3 is 1. The van der Waals surface area contributed by atoms with Crippen molar-refractivity contribution in [2.24, 2.45) is 0 Å². The molecule has 0 bridgehead atoms. The first-order chi connectivity index (χ1) is 17.4. The highest BCUT2D eigenvalue weighted by Crippen LogP contribution is 2.25. The molecule has 38 heavy (non-hydrogen) atoms. The molecular weight excluding hydrogens is 536 g/mol. The molecule has 0 fully saturated rings. The topological polar surface area (TPSA) is 163 Å². The summed E-state index contributed by atoms with van der Waals surface area (Å²) in [6, 6.07) is -0.808. The zero-order valence-electron chi connectivity index (χ0n) is 19.8.